The van der Waals surface area contributed by atoms with Gasteiger partial charge in [-0.05, 0) is 43.5 Å². The molecule has 0 saturated carbocycles. The van der Waals surface area contributed by atoms with E-state index in [0.717, 1.165) is 22.4 Å². The molecular formula is C23H22ClN3O2S. The average molecular weight is 440 g/mol. The minimum Gasteiger partial charge on any atom is -0.339 e. The Labute approximate surface area is 184 Å². The van der Waals surface area contributed by atoms with E-state index >= 15 is 0 Å². The molecule has 1 N–H and O–H groups in total. The first kappa shape index (κ1) is 20.6. The van der Waals surface area contributed by atoms with Crippen LogP contribution in [0.25, 0.3) is 11.3 Å². The summed E-state index contributed by atoms with van der Waals surface area (Å²) in [4.78, 5) is 31.8. The Hall–Kier alpha value is -2.70. The van der Waals surface area contributed by atoms with Gasteiger partial charge in [0.25, 0.3) is 5.91 Å². The number of piperidine rings is 1. The van der Waals surface area contributed by atoms with E-state index < -0.39 is 0 Å². The number of rotatable bonds is 4. The molecule has 2 heterocycles. The van der Waals surface area contributed by atoms with E-state index in [0.29, 0.717) is 36.1 Å². The highest BCUT2D eigenvalue weighted by Crippen LogP contribution is 2.27. The molecule has 4 rings (SSSR count). The lowest BCUT2D eigenvalue weighted by atomic mass is 9.95. The van der Waals surface area contributed by atoms with Crippen LogP contribution in [-0.4, -0.2) is 34.8 Å². The SMILES string of the molecule is Cc1ccccc1C(=O)N1CCC(C(=O)Nc2nc(-c3ccc(Cl)cc3)cs2)CC1. The third-order valence-electron chi connectivity index (χ3n) is 5.40. The first-order valence-electron chi connectivity index (χ1n) is 9.88. The number of nitrogens with zero attached hydrogens (tertiary/aromatic N) is 2. The van der Waals surface area contributed by atoms with Crippen LogP contribution in [0.2, 0.25) is 5.02 Å². The van der Waals surface area contributed by atoms with Crippen molar-refractivity contribution in [3.63, 3.8) is 0 Å². The first-order chi connectivity index (χ1) is 14.5. The third kappa shape index (κ3) is 4.55. The van der Waals surface area contributed by atoms with Gasteiger partial charge in [-0.1, -0.05) is 41.9 Å². The van der Waals surface area contributed by atoms with Crippen LogP contribution in [0.15, 0.2) is 53.9 Å². The van der Waals surface area contributed by atoms with E-state index in [1.54, 1.807) is 0 Å². The fourth-order valence-electron chi connectivity index (χ4n) is 3.62. The van der Waals surface area contributed by atoms with Gasteiger partial charge in [-0.2, -0.15) is 0 Å². The van der Waals surface area contributed by atoms with Crippen molar-refractivity contribution in [2.75, 3.05) is 18.4 Å². The van der Waals surface area contributed by atoms with Crippen molar-refractivity contribution < 1.29 is 9.59 Å². The maximum Gasteiger partial charge on any atom is 0.254 e. The highest BCUT2D eigenvalue weighted by molar-refractivity contribution is 7.14. The van der Waals surface area contributed by atoms with Crippen molar-refractivity contribution >= 4 is 39.9 Å². The summed E-state index contributed by atoms with van der Waals surface area (Å²) in [6.07, 6.45) is 1.30. The topological polar surface area (TPSA) is 62.3 Å². The highest BCUT2D eigenvalue weighted by atomic mass is 35.5. The quantitative estimate of drug-likeness (QED) is 0.602. The fourth-order valence-corrected chi connectivity index (χ4v) is 4.47. The molecule has 1 aliphatic heterocycles. The van der Waals surface area contributed by atoms with Crippen molar-refractivity contribution in [3.8, 4) is 11.3 Å². The van der Waals surface area contributed by atoms with Gasteiger partial charge in [0.1, 0.15) is 0 Å². The van der Waals surface area contributed by atoms with E-state index in [4.69, 9.17) is 11.6 Å². The Morgan fingerprint density at radius 1 is 1.10 bits per heavy atom. The van der Waals surface area contributed by atoms with E-state index in [1.165, 1.54) is 11.3 Å². The number of aromatic nitrogens is 1. The molecule has 154 valence electrons. The van der Waals surface area contributed by atoms with Crippen LogP contribution in [0.1, 0.15) is 28.8 Å². The highest BCUT2D eigenvalue weighted by Gasteiger charge is 2.28. The van der Waals surface area contributed by atoms with Crippen molar-refractivity contribution in [2.24, 2.45) is 5.92 Å². The number of benzene rings is 2. The van der Waals surface area contributed by atoms with E-state index in [9.17, 15) is 9.59 Å². The zero-order valence-electron chi connectivity index (χ0n) is 16.6. The van der Waals surface area contributed by atoms with Gasteiger partial charge in [0.2, 0.25) is 5.91 Å². The molecule has 2 amide bonds. The standard InChI is InChI=1S/C23H22ClN3O2S/c1-15-4-2-3-5-19(15)22(29)27-12-10-17(11-13-27)21(28)26-23-25-20(14-30-23)16-6-8-18(24)9-7-16/h2-9,14,17H,10-13H2,1H3,(H,25,26,28). The summed E-state index contributed by atoms with van der Waals surface area (Å²) in [5, 5.41) is 6.12. The number of amides is 2. The molecule has 0 spiro atoms. The second-order valence-corrected chi connectivity index (χ2v) is 8.71. The molecule has 0 atom stereocenters. The molecule has 7 heteroatoms. The summed E-state index contributed by atoms with van der Waals surface area (Å²) in [6.45, 7) is 3.11. The number of aryl methyl sites for hydroxylation is 1. The second kappa shape index (κ2) is 8.98. The average Bonchev–Trinajstić information content (AvgIpc) is 3.22. The Morgan fingerprint density at radius 2 is 1.80 bits per heavy atom. The lowest BCUT2D eigenvalue weighted by Crippen LogP contribution is -2.41. The smallest absolute Gasteiger partial charge is 0.254 e. The summed E-state index contributed by atoms with van der Waals surface area (Å²) in [5.74, 6) is -0.108. The first-order valence-corrected chi connectivity index (χ1v) is 11.1. The number of hydrogen-bond acceptors (Lipinski definition) is 4. The van der Waals surface area contributed by atoms with Crippen LogP contribution < -0.4 is 5.32 Å². The van der Waals surface area contributed by atoms with Gasteiger partial charge >= 0.3 is 0 Å². The number of carbonyl (C=O) groups excluding carboxylic acids is 2. The molecule has 2 aromatic carbocycles. The van der Waals surface area contributed by atoms with Crippen LogP contribution in [0.3, 0.4) is 0 Å². The van der Waals surface area contributed by atoms with Gasteiger partial charge in [0, 0.05) is 40.5 Å². The molecule has 0 aliphatic carbocycles. The fraction of sp³-hybridized carbons (Fsp3) is 0.261. The number of likely N-dealkylation sites (tertiary alicyclic amines) is 1. The van der Waals surface area contributed by atoms with E-state index in [1.807, 2.05) is 65.7 Å². The molecule has 0 unspecified atom stereocenters. The van der Waals surface area contributed by atoms with Crippen molar-refractivity contribution in [1.29, 1.82) is 0 Å². The summed E-state index contributed by atoms with van der Waals surface area (Å²) in [5.41, 5.74) is 3.48. The third-order valence-corrected chi connectivity index (χ3v) is 6.41. The number of anilines is 1. The maximum absolute atomic E-state index is 12.8. The Kier molecular flexibility index (Phi) is 6.16. The predicted molar refractivity (Wildman–Crippen MR) is 121 cm³/mol. The Bertz CT molecular complexity index is 1060. The second-order valence-electron chi connectivity index (χ2n) is 7.42. The Balaban J connectivity index is 1.33. The molecule has 1 fully saturated rings. The maximum atomic E-state index is 12.8. The molecule has 0 bridgehead atoms. The lowest BCUT2D eigenvalue weighted by Gasteiger charge is -2.31. The van der Waals surface area contributed by atoms with Crippen LogP contribution in [0.4, 0.5) is 5.13 Å². The summed E-state index contributed by atoms with van der Waals surface area (Å²) >= 11 is 7.34. The molecule has 5 nitrogen and oxygen atoms in total. The number of nitrogens with one attached hydrogen (secondary N) is 1. The number of halogens is 1. The predicted octanol–water partition coefficient (Wildman–Crippen LogP) is 5.26. The molecule has 3 aromatic rings. The van der Waals surface area contributed by atoms with Crippen LogP contribution in [-0.2, 0) is 4.79 Å². The minimum absolute atomic E-state index is 0.0324. The van der Waals surface area contributed by atoms with Crippen molar-refractivity contribution in [3.05, 3.63) is 70.1 Å². The van der Waals surface area contributed by atoms with Crippen LogP contribution >= 0.6 is 22.9 Å². The minimum atomic E-state index is -0.117. The van der Waals surface area contributed by atoms with E-state index in [-0.39, 0.29) is 17.7 Å². The van der Waals surface area contributed by atoms with Gasteiger partial charge < -0.3 is 10.2 Å². The summed E-state index contributed by atoms with van der Waals surface area (Å²) in [7, 11) is 0. The van der Waals surface area contributed by atoms with Gasteiger partial charge in [0.05, 0.1) is 5.69 Å². The zero-order chi connectivity index (χ0) is 21.1. The largest absolute Gasteiger partial charge is 0.339 e. The molecular weight excluding hydrogens is 418 g/mol. The monoisotopic (exact) mass is 439 g/mol. The molecule has 0 radical (unpaired) electrons. The molecule has 1 aromatic heterocycles. The van der Waals surface area contributed by atoms with Gasteiger partial charge in [-0.3, -0.25) is 9.59 Å². The number of hydrogen-bond donors (Lipinski definition) is 1. The number of thiazole rings is 1. The molecule has 1 aliphatic rings. The van der Waals surface area contributed by atoms with Crippen LogP contribution in [0, 0.1) is 12.8 Å². The van der Waals surface area contributed by atoms with Gasteiger partial charge in [-0.15, -0.1) is 11.3 Å². The summed E-state index contributed by atoms with van der Waals surface area (Å²) < 4.78 is 0. The van der Waals surface area contributed by atoms with Crippen LogP contribution in [0.5, 0.6) is 0 Å². The van der Waals surface area contributed by atoms with Crippen molar-refractivity contribution in [2.45, 2.75) is 19.8 Å². The molecule has 30 heavy (non-hydrogen) atoms. The van der Waals surface area contributed by atoms with Gasteiger partial charge in [-0.25, -0.2) is 4.98 Å². The normalized spacial score (nSPS) is 14.5. The van der Waals surface area contributed by atoms with E-state index in [2.05, 4.69) is 10.3 Å². The zero-order valence-corrected chi connectivity index (χ0v) is 18.2. The lowest BCUT2D eigenvalue weighted by molar-refractivity contribution is -0.121. The number of carbonyl (C=O) groups is 2. The molecule has 1 saturated heterocycles. The van der Waals surface area contributed by atoms with Crippen molar-refractivity contribution in [1.82, 2.24) is 9.88 Å². The Morgan fingerprint density at radius 3 is 2.50 bits per heavy atom. The summed E-state index contributed by atoms with van der Waals surface area (Å²) in [6, 6.07) is 15.1. The van der Waals surface area contributed by atoms with Gasteiger partial charge in [0.15, 0.2) is 5.13 Å².